The van der Waals surface area contributed by atoms with E-state index in [4.69, 9.17) is 11.5 Å². The van der Waals surface area contributed by atoms with Crippen LogP contribution in [0.25, 0.3) is 0 Å². The first-order valence-electron chi connectivity index (χ1n) is 9.00. The second-order valence-electron chi connectivity index (χ2n) is 6.06. The quantitative estimate of drug-likeness (QED) is 0.382. The van der Waals surface area contributed by atoms with Gasteiger partial charge in [-0.05, 0) is 50.9 Å². The zero-order valence-electron chi connectivity index (χ0n) is 14.6. The van der Waals surface area contributed by atoms with Gasteiger partial charge < -0.3 is 16.8 Å². The van der Waals surface area contributed by atoms with E-state index in [2.05, 4.69) is 5.32 Å². The molecule has 0 spiro atoms. The van der Waals surface area contributed by atoms with Crippen molar-refractivity contribution in [1.29, 1.82) is 0 Å². The Kier molecular flexibility index (Phi) is 10.7. The topological polar surface area (TPSA) is 98.2 Å². The van der Waals surface area contributed by atoms with E-state index < -0.39 is 0 Å². The third-order valence-corrected chi connectivity index (χ3v) is 3.97. The monoisotopic (exact) mass is 333 g/mol. The number of amides is 1. The number of carbonyl (C=O) groups is 2. The molecular weight excluding hydrogens is 302 g/mol. The molecule has 5 heteroatoms. The van der Waals surface area contributed by atoms with Crippen molar-refractivity contribution in [1.82, 2.24) is 5.32 Å². The molecule has 0 saturated carbocycles. The van der Waals surface area contributed by atoms with Gasteiger partial charge in [0, 0.05) is 24.1 Å². The molecule has 134 valence electrons. The minimum Gasteiger partial charge on any atom is -0.352 e. The summed E-state index contributed by atoms with van der Waals surface area (Å²) in [5, 5.41) is 2.89. The van der Waals surface area contributed by atoms with Gasteiger partial charge in [0.1, 0.15) is 0 Å². The number of unbranched alkanes of at least 4 members (excludes halogenated alkanes) is 5. The maximum absolute atomic E-state index is 12.2. The average Bonchev–Trinajstić information content (AvgIpc) is 2.61. The summed E-state index contributed by atoms with van der Waals surface area (Å²) in [5.74, 6) is -0.0271. The molecule has 5 nitrogen and oxygen atoms in total. The molecule has 0 atom stereocenters. The molecule has 0 radical (unpaired) electrons. The number of Topliss-reactive ketones (excluding diaryl/α,β-unsaturated/α-hetero) is 1. The highest BCUT2D eigenvalue weighted by Gasteiger charge is 2.10. The first-order chi connectivity index (χ1) is 11.7. The number of hydrogen-bond acceptors (Lipinski definition) is 4. The van der Waals surface area contributed by atoms with Crippen LogP contribution in [-0.4, -0.2) is 31.3 Å². The van der Waals surface area contributed by atoms with Gasteiger partial charge in [0.2, 0.25) is 0 Å². The van der Waals surface area contributed by atoms with E-state index in [0.29, 0.717) is 37.2 Å². The molecule has 0 aliphatic rings. The summed E-state index contributed by atoms with van der Waals surface area (Å²) in [6.45, 7) is 2.03. The minimum absolute atomic E-state index is 0.0975. The van der Waals surface area contributed by atoms with Crippen LogP contribution in [0.1, 0.15) is 72.1 Å². The Hall–Kier alpha value is -1.72. The molecule has 0 unspecified atom stereocenters. The second kappa shape index (κ2) is 12.7. The summed E-state index contributed by atoms with van der Waals surface area (Å²) in [5.41, 5.74) is 12.1. The van der Waals surface area contributed by atoms with Crippen LogP contribution < -0.4 is 16.8 Å². The van der Waals surface area contributed by atoms with Gasteiger partial charge in [-0.15, -0.1) is 0 Å². The molecule has 0 saturated heterocycles. The molecular formula is C19H31N3O2. The van der Waals surface area contributed by atoms with Gasteiger partial charge in [0.15, 0.2) is 5.78 Å². The average molecular weight is 333 g/mol. The Morgan fingerprint density at radius 3 is 2.17 bits per heavy atom. The first-order valence-corrected chi connectivity index (χ1v) is 9.00. The molecule has 5 N–H and O–H groups in total. The summed E-state index contributed by atoms with van der Waals surface area (Å²) in [4.78, 5) is 24.3. The van der Waals surface area contributed by atoms with Crippen LogP contribution in [0, 0.1) is 0 Å². The predicted octanol–water partition coefficient (Wildman–Crippen LogP) is 2.64. The Morgan fingerprint density at radius 2 is 1.46 bits per heavy atom. The minimum atomic E-state index is -0.125. The first kappa shape index (κ1) is 20.3. The molecule has 1 aromatic carbocycles. The van der Waals surface area contributed by atoms with Crippen molar-refractivity contribution in [2.75, 3.05) is 19.6 Å². The van der Waals surface area contributed by atoms with Crippen LogP contribution >= 0.6 is 0 Å². The van der Waals surface area contributed by atoms with Crippen molar-refractivity contribution in [3.63, 3.8) is 0 Å². The highest BCUT2D eigenvalue weighted by molar-refractivity contribution is 6.00. The lowest BCUT2D eigenvalue weighted by atomic mass is 10.0. The van der Waals surface area contributed by atoms with E-state index in [1.165, 1.54) is 0 Å². The van der Waals surface area contributed by atoms with E-state index in [0.717, 1.165) is 44.9 Å². The smallest absolute Gasteiger partial charge is 0.251 e. The summed E-state index contributed by atoms with van der Waals surface area (Å²) in [6.07, 6.45) is 7.40. The number of hydrogen-bond donors (Lipinski definition) is 3. The van der Waals surface area contributed by atoms with Crippen LogP contribution in [0.15, 0.2) is 24.3 Å². The lowest BCUT2D eigenvalue weighted by Crippen LogP contribution is -2.24. The fourth-order valence-electron chi connectivity index (χ4n) is 2.51. The Morgan fingerprint density at radius 1 is 0.833 bits per heavy atom. The second-order valence-corrected chi connectivity index (χ2v) is 6.06. The number of nitrogens with one attached hydrogen (secondary N) is 1. The molecule has 0 heterocycles. The molecule has 1 amide bonds. The molecule has 0 fully saturated rings. The number of rotatable bonds is 13. The zero-order valence-corrected chi connectivity index (χ0v) is 14.6. The Balaban J connectivity index is 2.41. The maximum atomic E-state index is 12.2. The molecule has 1 rings (SSSR count). The summed E-state index contributed by atoms with van der Waals surface area (Å²) in [7, 11) is 0. The molecule has 0 bridgehead atoms. The normalized spacial score (nSPS) is 10.6. The van der Waals surface area contributed by atoms with Gasteiger partial charge in [-0.1, -0.05) is 31.4 Å². The third-order valence-electron chi connectivity index (χ3n) is 3.97. The Labute approximate surface area is 145 Å². The fraction of sp³-hybridized carbons (Fsp3) is 0.579. The SMILES string of the molecule is NCCCCCCC(=O)c1cccc(C(=O)NCCCCCN)c1. The van der Waals surface area contributed by atoms with Gasteiger partial charge in [-0.2, -0.15) is 0 Å². The number of ketones is 1. The van der Waals surface area contributed by atoms with Crippen molar-refractivity contribution in [2.24, 2.45) is 11.5 Å². The number of nitrogens with two attached hydrogens (primary N) is 2. The fourth-order valence-corrected chi connectivity index (χ4v) is 2.51. The van der Waals surface area contributed by atoms with Crippen LogP contribution in [0.4, 0.5) is 0 Å². The van der Waals surface area contributed by atoms with Crippen molar-refractivity contribution in [3.8, 4) is 0 Å². The van der Waals surface area contributed by atoms with Gasteiger partial charge in [0.25, 0.3) is 5.91 Å². The maximum Gasteiger partial charge on any atom is 0.251 e. The standard InChI is InChI=1S/C19H31N3O2/c20-12-5-2-1-4-11-18(23)16-9-8-10-17(15-16)19(24)22-14-7-3-6-13-21/h8-10,15H,1-7,11-14,20-21H2,(H,22,24). The Bertz CT molecular complexity index is 462. The third kappa shape index (κ3) is 8.22. The van der Waals surface area contributed by atoms with Gasteiger partial charge in [0.05, 0.1) is 0 Å². The van der Waals surface area contributed by atoms with Crippen LogP contribution in [-0.2, 0) is 0 Å². The van der Waals surface area contributed by atoms with Crippen LogP contribution in [0.3, 0.4) is 0 Å². The highest BCUT2D eigenvalue weighted by Crippen LogP contribution is 2.11. The van der Waals surface area contributed by atoms with Crippen LogP contribution in [0.5, 0.6) is 0 Å². The lowest BCUT2D eigenvalue weighted by Gasteiger charge is -2.07. The van der Waals surface area contributed by atoms with Crippen molar-refractivity contribution in [3.05, 3.63) is 35.4 Å². The van der Waals surface area contributed by atoms with Crippen molar-refractivity contribution >= 4 is 11.7 Å². The highest BCUT2D eigenvalue weighted by atomic mass is 16.1. The molecule has 0 aliphatic carbocycles. The van der Waals surface area contributed by atoms with Gasteiger partial charge >= 0.3 is 0 Å². The van der Waals surface area contributed by atoms with E-state index >= 15 is 0 Å². The molecule has 1 aromatic rings. The summed E-state index contributed by atoms with van der Waals surface area (Å²) >= 11 is 0. The lowest BCUT2D eigenvalue weighted by molar-refractivity contribution is 0.0953. The number of benzene rings is 1. The number of carbonyl (C=O) groups excluding carboxylic acids is 2. The van der Waals surface area contributed by atoms with E-state index in [-0.39, 0.29) is 11.7 Å². The van der Waals surface area contributed by atoms with E-state index in [1.54, 1.807) is 24.3 Å². The molecule has 0 aromatic heterocycles. The summed E-state index contributed by atoms with van der Waals surface area (Å²) < 4.78 is 0. The van der Waals surface area contributed by atoms with Gasteiger partial charge in [-0.25, -0.2) is 0 Å². The largest absolute Gasteiger partial charge is 0.352 e. The van der Waals surface area contributed by atoms with E-state index in [9.17, 15) is 9.59 Å². The summed E-state index contributed by atoms with van der Waals surface area (Å²) in [6, 6.07) is 6.98. The molecule has 0 aliphatic heterocycles. The predicted molar refractivity (Wildman–Crippen MR) is 98.2 cm³/mol. The zero-order chi connectivity index (χ0) is 17.6. The van der Waals surface area contributed by atoms with Crippen molar-refractivity contribution < 1.29 is 9.59 Å². The van der Waals surface area contributed by atoms with E-state index in [1.807, 2.05) is 0 Å². The molecule has 24 heavy (non-hydrogen) atoms. The van der Waals surface area contributed by atoms with Crippen molar-refractivity contribution in [2.45, 2.75) is 51.4 Å². The van der Waals surface area contributed by atoms with Gasteiger partial charge in [-0.3, -0.25) is 9.59 Å². The van der Waals surface area contributed by atoms with Crippen LogP contribution in [0.2, 0.25) is 0 Å².